The molecule has 1 rings (SSSR count). The van der Waals surface area contributed by atoms with Crippen molar-refractivity contribution in [3.8, 4) is 0 Å². The molecule has 1 aliphatic heterocycles. The van der Waals surface area contributed by atoms with Crippen LogP contribution in [-0.4, -0.2) is 67.9 Å². The van der Waals surface area contributed by atoms with Crippen molar-refractivity contribution in [3.05, 3.63) is 12.2 Å². The highest BCUT2D eigenvalue weighted by atomic mass is 16.6. The molecule has 1 fully saturated rings. The number of hydrogen-bond donors (Lipinski definition) is 2. The zero-order valence-corrected chi connectivity index (χ0v) is 14.4. The second kappa shape index (κ2) is 9.27. The quantitative estimate of drug-likeness (QED) is 0.638. The van der Waals surface area contributed by atoms with Crippen LogP contribution in [0.5, 0.6) is 0 Å². The third-order valence-electron chi connectivity index (χ3n) is 3.77. The second-order valence-corrected chi connectivity index (χ2v) is 6.44. The summed E-state index contributed by atoms with van der Waals surface area (Å²) >= 11 is 0. The third kappa shape index (κ3) is 6.99. The molecular formula is C16H26N2O6. The van der Waals surface area contributed by atoms with Crippen LogP contribution in [0.15, 0.2) is 12.2 Å². The van der Waals surface area contributed by atoms with Gasteiger partial charge in [-0.25, -0.2) is 9.59 Å². The number of ether oxygens (including phenoxy) is 2. The van der Waals surface area contributed by atoms with Crippen LogP contribution < -0.4 is 5.32 Å². The largest absolute Gasteiger partial charge is 0.480 e. The number of allylic oxidation sites excluding steroid dienone is 1. The molecule has 0 aromatic carbocycles. The summed E-state index contributed by atoms with van der Waals surface area (Å²) < 4.78 is 10.4. The standard InChI is InChI=1S/C16H26N2O6/c1-16(8-9-23-10-16)11-24-15(22)17-12(14(20)21)6-4-5-7-13(19)18(2)3/h5,7,12H,4,6,8-11H2,1-3H3,(H,17,22)(H,20,21)/b7-5+/t12-,16?/m0/s1. The second-order valence-electron chi connectivity index (χ2n) is 6.44. The Hall–Kier alpha value is -2.09. The molecule has 0 spiro atoms. The molecule has 1 saturated heterocycles. The molecule has 2 amide bonds. The Bertz CT molecular complexity index is 483. The van der Waals surface area contributed by atoms with E-state index in [4.69, 9.17) is 14.6 Å². The highest BCUT2D eigenvalue weighted by Crippen LogP contribution is 2.27. The number of carboxylic acids is 1. The minimum absolute atomic E-state index is 0.169. The molecular weight excluding hydrogens is 316 g/mol. The average Bonchev–Trinajstić information content (AvgIpc) is 2.95. The number of nitrogens with one attached hydrogen (secondary N) is 1. The molecule has 136 valence electrons. The fourth-order valence-corrected chi connectivity index (χ4v) is 2.10. The first kappa shape index (κ1) is 20.0. The number of alkyl carbamates (subject to hydrolysis) is 1. The van der Waals surface area contributed by atoms with E-state index in [1.807, 2.05) is 6.92 Å². The molecule has 8 heteroatoms. The summed E-state index contributed by atoms with van der Waals surface area (Å²) in [6.07, 6.45) is 3.52. The van der Waals surface area contributed by atoms with Crippen LogP contribution in [0.3, 0.4) is 0 Å². The smallest absolute Gasteiger partial charge is 0.407 e. The number of amides is 2. The van der Waals surface area contributed by atoms with Gasteiger partial charge in [-0.05, 0) is 25.3 Å². The molecule has 1 aliphatic rings. The summed E-state index contributed by atoms with van der Waals surface area (Å²) in [5.74, 6) is -1.32. The molecule has 0 aromatic rings. The van der Waals surface area contributed by atoms with E-state index in [0.29, 0.717) is 19.6 Å². The lowest BCUT2D eigenvalue weighted by molar-refractivity contribution is -0.139. The van der Waals surface area contributed by atoms with Crippen molar-refractivity contribution in [2.75, 3.05) is 33.9 Å². The molecule has 1 unspecified atom stereocenters. The van der Waals surface area contributed by atoms with E-state index in [2.05, 4.69) is 5.32 Å². The number of hydrogen-bond acceptors (Lipinski definition) is 5. The molecule has 2 N–H and O–H groups in total. The lowest BCUT2D eigenvalue weighted by Crippen LogP contribution is -2.42. The van der Waals surface area contributed by atoms with E-state index >= 15 is 0 Å². The SMILES string of the molecule is CN(C)C(=O)/C=C/CC[C@H](NC(=O)OCC1(C)CCOC1)C(=O)O. The molecule has 0 bridgehead atoms. The first-order valence-corrected chi connectivity index (χ1v) is 7.85. The van der Waals surface area contributed by atoms with Crippen molar-refractivity contribution < 1.29 is 29.0 Å². The Morgan fingerprint density at radius 3 is 2.67 bits per heavy atom. The minimum Gasteiger partial charge on any atom is -0.480 e. The third-order valence-corrected chi connectivity index (χ3v) is 3.77. The molecule has 0 saturated carbocycles. The predicted molar refractivity (Wildman–Crippen MR) is 86.5 cm³/mol. The highest BCUT2D eigenvalue weighted by Gasteiger charge is 2.31. The average molecular weight is 342 g/mol. The lowest BCUT2D eigenvalue weighted by Gasteiger charge is -2.22. The fraction of sp³-hybridized carbons (Fsp3) is 0.688. The van der Waals surface area contributed by atoms with Gasteiger partial charge in [-0.2, -0.15) is 0 Å². The van der Waals surface area contributed by atoms with E-state index in [0.717, 1.165) is 6.42 Å². The van der Waals surface area contributed by atoms with Crippen molar-refractivity contribution in [3.63, 3.8) is 0 Å². The van der Waals surface area contributed by atoms with E-state index in [-0.39, 0.29) is 24.3 Å². The topological polar surface area (TPSA) is 105 Å². The van der Waals surface area contributed by atoms with Gasteiger partial charge in [-0.1, -0.05) is 13.0 Å². The summed E-state index contributed by atoms with van der Waals surface area (Å²) in [4.78, 5) is 35.8. The van der Waals surface area contributed by atoms with Crippen molar-refractivity contribution in [2.45, 2.75) is 32.2 Å². The molecule has 0 radical (unpaired) electrons. The van der Waals surface area contributed by atoms with Crippen LogP contribution in [0, 0.1) is 5.41 Å². The van der Waals surface area contributed by atoms with Gasteiger partial charge in [0, 0.05) is 26.1 Å². The monoisotopic (exact) mass is 342 g/mol. The van der Waals surface area contributed by atoms with E-state index in [9.17, 15) is 14.4 Å². The van der Waals surface area contributed by atoms with Crippen LogP contribution in [0.25, 0.3) is 0 Å². The van der Waals surface area contributed by atoms with Crippen LogP contribution in [0.1, 0.15) is 26.2 Å². The Balaban J connectivity index is 2.38. The van der Waals surface area contributed by atoms with Gasteiger partial charge in [0.15, 0.2) is 0 Å². The van der Waals surface area contributed by atoms with Gasteiger partial charge in [0.1, 0.15) is 12.6 Å². The van der Waals surface area contributed by atoms with Crippen molar-refractivity contribution in [1.29, 1.82) is 0 Å². The number of rotatable bonds is 8. The first-order valence-electron chi connectivity index (χ1n) is 7.85. The summed E-state index contributed by atoms with van der Waals surface area (Å²) in [6, 6.07) is -1.07. The lowest BCUT2D eigenvalue weighted by atomic mass is 9.91. The predicted octanol–water partition coefficient (Wildman–Crippen LogP) is 1.02. The number of carboxylic acid groups (broad SMARTS) is 1. The zero-order valence-electron chi connectivity index (χ0n) is 14.4. The highest BCUT2D eigenvalue weighted by molar-refractivity contribution is 5.87. The van der Waals surface area contributed by atoms with E-state index < -0.39 is 18.1 Å². The van der Waals surface area contributed by atoms with Gasteiger partial charge in [0.25, 0.3) is 0 Å². The maximum Gasteiger partial charge on any atom is 0.407 e. The van der Waals surface area contributed by atoms with Gasteiger partial charge in [-0.15, -0.1) is 0 Å². The van der Waals surface area contributed by atoms with E-state index in [1.54, 1.807) is 20.2 Å². The molecule has 8 nitrogen and oxygen atoms in total. The number of carbonyl (C=O) groups is 3. The molecule has 0 aliphatic carbocycles. The fourth-order valence-electron chi connectivity index (χ4n) is 2.10. The van der Waals surface area contributed by atoms with Crippen molar-refractivity contribution in [1.82, 2.24) is 10.2 Å². The molecule has 0 aromatic heterocycles. The molecule has 2 atom stereocenters. The molecule has 24 heavy (non-hydrogen) atoms. The van der Waals surface area contributed by atoms with Gasteiger partial charge in [0.2, 0.25) is 5.91 Å². The van der Waals surface area contributed by atoms with Gasteiger partial charge < -0.3 is 24.8 Å². The van der Waals surface area contributed by atoms with Crippen LogP contribution in [-0.2, 0) is 19.1 Å². The number of nitrogens with zero attached hydrogens (tertiary/aromatic N) is 1. The zero-order chi connectivity index (χ0) is 18.2. The number of likely N-dealkylation sites (N-methyl/N-ethyl adjacent to an activating group) is 1. The number of aliphatic carboxylic acids is 1. The van der Waals surface area contributed by atoms with Crippen molar-refractivity contribution in [2.24, 2.45) is 5.41 Å². The van der Waals surface area contributed by atoms with Gasteiger partial charge >= 0.3 is 12.1 Å². The Kier molecular flexibility index (Phi) is 7.70. The summed E-state index contributed by atoms with van der Waals surface area (Å²) in [6.45, 7) is 3.29. The Labute approximate surface area is 141 Å². The minimum atomic E-state index is -1.14. The van der Waals surface area contributed by atoms with Crippen LogP contribution in [0.2, 0.25) is 0 Å². The van der Waals surface area contributed by atoms with Crippen molar-refractivity contribution >= 4 is 18.0 Å². The summed E-state index contributed by atoms with van der Waals surface area (Å²) in [5, 5.41) is 11.5. The van der Waals surface area contributed by atoms with Gasteiger partial charge in [-0.3, -0.25) is 4.79 Å². The van der Waals surface area contributed by atoms with Gasteiger partial charge in [0.05, 0.1) is 6.61 Å². The summed E-state index contributed by atoms with van der Waals surface area (Å²) in [7, 11) is 3.25. The van der Waals surface area contributed by atoms with E-state index in [1.165, 1.54) is 11.0 Å². The van der Waals surface area contributed by atoms with Crippen LogP contribution in [0.4, 0.5) is 4.79 Å². The summed E-state index contributed by atoms with van der Waals surface area (Å²) in [5.41, 5.74) is -0.217. The Morgan fingerprint density at radius 1 is 1.42 bits per heavy atom. The maximum absolute atomic E-state index is 11.8. The maximum atomic E-state index is 11.8. The first-order chi connectivity index (χ1) is 11.2. The normalized spacial score (nSPS) is 21.5. The van der Waals surface area contributed by atoms with Crippen LogP contribution >= 0.6 is 0 Å². The Morgan fingerprint density at radius 2 is 2.12 bits per heavy atom. The number of carbonyl (C=O) groups excluding carboxylic acids is 2. The molecule has 1 heterocycles.